The van der Waals surface area contributed by atoms with Crippen LogP contribution in [0, 0.1) is 12.8 Å². The zero-order valence-corrected chi connectivity index (χ0v) is 17.6. The molecule has 1 atom stereocenters. The first-order valence-corrected chi connectivity index (χ1v) is 10.2. The van der Waals surface area contributed by atoms with Gasteiger partial charge in [-0.25, -0.2) is 4.68 Å². The molecular weight excluding hydrogens is 394 g/mol. The second-order valence-corrected chi connectivity index (χ2v) is 7.67. The molecule has 31 heavy (non-hydrogen) atoms. The molecule has 160 valence electrons. The van der Waals surface area contributed by atoms with Crippen LogP contribution in [0.25, 0.3) is 5.69 Å². The molecule has 1 N–H and O–H groups in total. The van der Waals surface area contributed by atoms with E-state index in [1.165, 1.54) is 0 Å². The minimum atomic E-state index is -0.277. The summed E-state index contributed by atoms with van der Waals surface area (Å²) in [6.45, 7) is 3.40. The fraction of sp³-hybridized carbons (Fsp3) is 0.304. The molecule has 8 heteroatoms. The third-order valence-electron chi connectivity index (χ3n) is 5.49. The first-order chi connectivity index (χ1) is 15.0. The van der Waals surface area contributed by atoms with Crippen molar-refractivity contribution in [3.05, 3.63) is 71.5 Å². The van der Waals surface area contributed by atoms with Gasteiger partial charge < -0.3 is 15.0 Å². The summed E-state index contributed by atoms with van der Waals surface area (Å²) in [5.74, 6) is 0.678. The van der Waals surface area contributed by atoms with E-state index in [1.54, 1.807) is 11.8 Å². The second-order valence-electron chi connectivity index (χ2n) is 7.67. The van der Waals surface area contributed by atoms with Crippen LogP contribution in [0.3, 0.4) is 0 Å². The van der Waals surface area contributed by atoms with Crippen molar-refractivity contribution in [3.63, 3.8) is 0 Å². The van der Waals surface area contributed by atoms with Crippen LogP contribution < -0.4 is 10.1 Å². The number of aromatic nitrogens is 3. The molecule has 2 amide bonds. The summed E-state index contributed by atoms with van der Waals surface area (Å²) < 4.78 is 6.81. The standard InChI is InChI=1S/C23H25N5O3/c1-16-22(25-26-28(16)19-6-4-3-5-7-19)23(30)24-13-18-12-21(29)27(15-18)14-17-8-10-20(31-2)11-9-17/h3-11,18H,12-15H2,1-2H3,(H,24,30). The predicted octanol–water partition coefficient (Wildman–Crippen LogP) is 2.36. The Morgan fingerprint density at radius 3 is 2.61 bits per heavy atom. The van der Waals surface area contributed by atoms with Gasteiger partial charge >= 0.3 is 0 Å². The number of benzene rings is 2. The van der Waals surface area contributed by atoms with E-state index in [0.717, 1.165) is 17.0 Å². The van der Waals surface area contributed by atoms with Crippen LogP contribution in [0.1, 0.15) is 28.2 Å². The van der Waals surface area contributed by atoms with Crippen molar-refractivity contribution in [2.24, 2.45) is 5.92 Å². The summed E-state index contributed by atoms with van der Waals surface area (Å²) in [4.78, 5) is 26.9. The molecule has 0 spiro atoms. The molecule has 0 radical (unpaired) electrons. The number of para-hydroxylation sites is 1. The molecule has 0 saturated carbocycles. The predicted molar refractivity (Wildman–Crippen MR) is 115 cm³/mol. The summed E-state index contributed by atoms with van der Waals surface area (Å²) in [6.07, 6.45) is 0.423. The number of carbonyl (C=O) groups excluding carboxylic acids is 2. The zero-order valence-electron chi connectivity index (χ0n) is 17.6. The van der Waals surface area contributed by atoms with Crippen molar-refractivity contribution in [1.82, 2.24) is 25.2 Å². The molecule has 3 aromatic rings. The third kappa shape index (κ3) is 4.58. The van der Waals surface area contributed by atoms with Crippen molar-refractivity contribution in [2.45, 2.75) is 19.9 Å². The summed E-state index contributed by atoms with van der Waals surface area (Å²) >= 11 is 0. The number of nitrogens with one attached hydrogen (secondary N) is 1. The first kappa shape index (κ1) is 20.6. The normalized spacial score (nSPS) is 15.9. The molecule has 2 heterocycles. The molecule has 1 aliphatic rings. The lowest BCUT2D eigenvalue weighted by atomic mass is 10.1. The SMILES string of the molecule is COc1ccc(CN2CC(CNC(=O)c3nnn(-c4ccccc4)c3C)CC2=O)cc1. The van der Waals surface area contributed by atoms with E-state index in [-0.39, 0.29) is 17.7 Å². The lowest BCUT2D eigenvalue weighted by Gasteiger charge is -2.17. The van der Waals surface area contributed by atoms with E-state index >= 15 is 0 Å². The minimum absolute atomic E-state index is 0.0687. The quantitative estimate of drug-likeness (QED) is 0.635. The molecule has 1 aliphatic heterocycles. The van der Waals surface area contributed by atoms with Gasteiger partial charge in [0, 0.05) is 32.0 Å². The van der Waals surface area contributed by atoms with Crippen LogP contribution in [0.5, 0.6) is 5.75 Å². The van der Waals surface area contributed by atoms with E-state index in [4.69, 9.17) is 4.74 Å². The number of methoxy groups -OCH3 is 1. The maximum absolute atomic E-state index is 12.6. The Morgan fingerprint density at radius 1 is 1.16 bits per heavy atom. The van der Waals surface area contributed by atoms with Gasteiger partial charge in [-0.3, -0.25) is 9.59 Å². The number of ether oxygens (including phenoxy) is 1. The Bertz CT molecular complexity index is 1060. The average molecular weight is 419 g/mol. The number of likely N-dealkylation sites (tertiary alicyclic amines) is 1. The Labute approximate surface area is 180 Å². The number of hydrogen-bond acceptors (Lipinski definition) is 5. The molecular formula is C23H25N5O3. The second kappa shape index (κ2) is 8.99. The van der Waals surface area contributed by atoms with E-state index in [2.05, 4.69) is 15.6 Å². The van der Waals surface area contributed by atoms with Gasteiger partial charge in [0.15, 0.2) is 5.69 Å². The van der Waals surface area contributed by atoms with Crippen LogP contribution in [-0.2, 0) is 11.3 Å². The number of amides is 2. The van der Waals surface area contributed by atoms with Crippen LogP contribution in [0.4, 0.5) is 0 Å². The molecule has 8 nitrogen and oxygen atoms in total. The maximum atomic E-state index is 12.6. The topological polar surface area (TPSA) is 89.3 Å². The van der Waals surface area contributed by atoms with Crippen LogP contribution >= 0.6 is 0 Å². The Balaban J connectivity index is 1.33. The van der Waals surface area contributed by atoms with Crippen LogP contribution in [0.15, 0.2) is 54.6 Å². The molecule has 1 unspecified atom stereocenters. The van der Waals surface area contributed by atoms with Crippen molar-refractivity contribution >= 4 is 11.8 Å². The molecule has 0 aliphatic carbocycles. The summed E-state index contributed by atoms with van der Waals surface area (Å²) in [6, 6.07) is 17.2. The van der Waals surface area contributed by atoms with Crippen molar-refractivity contribution in [3.8, 4) is 11.4 Å². The highest BCUT2D eigenvalue weighted by molar-refractivity contribution is 5.93. The molecule has 1 saturated heterocycles. The molecule has 1 aromatic heterocycles. The van der Waals surface area contributed by atoms with Crippen LogP contribution in [0.2, 0.25) is 0 Å². The molecule has 1 fully saturated rings. The van der Waals surface area contributed by atoms with Gasteiger partial charge in [-0.2, -0.15) is 0 Å². The van der Waals surface area contributed by atoms with E-state index in [1.807, 2.05) is 66.4 Å². The first-order valence-electron chi connectivity index (χ1n) is 10.2. The average Bonchev–Trinajstić information content (AvgIpc) is 3.35. The van der Waals surface area contributed by atoms with Gasteiger partial charge in [0.25, 0.3) is 5.91 Å². The highest BCUT2D eigenvalue weighted by Crippen LogP contribution is 2.21. The van der Waals surface area contributed by atoms with E-state index in [9.17, 15) is 9.59 Å². The van der Waals surface area contributed by atoms with Gasteiger partial charge in [0.1, 0.15) is 5.75 Å². The third-order valence-corrected chi connectivity index (χ3v) is 5.49. The highest BCUT2D eigenvalue weighted by Gasteiger charge is 2.30. The molecule has 2 aromatic carbocycles. The number of hydrogen-bond donors (Lipinski definition) is 1. The monoisotopic (exact) mass is 419 g/mol. The Hall–Kier alpha value is -3.68. The fourth-order valence-corrected chi connectivity index (χ4v) is 3.77. The largest absolute Gasteiger partial charge is 0.497 e. The minimum Gasteiger partial charge on any atom is -0.497 e. The van der Waals surface area contributed by atoms with Crippen molar-refractivity contribution in [2.75, 3.05) is 20.2 Å². The fourth-order valence-electron chi connectivity index (χ4n) is 3.77. The summed E-state index contributed by atoms with van der Waals surface area (Å²) in [5.41, 5.74) is 2.87. The molecule has 4 rings (SSSR count). The number of carbonyl (C=O) groups is 2. The lowest BCUT2D eigenvalue weighted by Crippen LogP contribution is -2.31. The van der Waals surface area contributed by atoms with Gasteiger partial charge in [0.05, 0.1) is 18.5 Å². The van der Waals surface area contributed by atoms with Crippen LogP contribution in [-0.4, -0.2) is 51.9 Å². The highest BCUT2D eigenvalue weighted by atomic mass is 16.5. The van der Waals surface area contributed by atoms with Crippen molar-refractivity contribution in [1.29, 1.82) is 0 Å². The summed E-state index contributed by atoms with van der Waals surface area (Å²) in [5, 5.41) is 11.1. The zero-order chi connectivity index (χ0) is 21.8. The Morgan fingerprint density at radius 2 is 1.90 bits per heavy atom. The summed E-state index contributed by atoms with van der Waals surface area (Å²) in [7, 11) is 1.63. The number of rotatable bonds is 7. The Kier molecular flexibility index (Phi) is 5.97. The van der Waals surface area contributed by atoms with Gasteiger partial charge in [-0.1, -0.05) is 35.5 Å². The van der Waals surface area contributed by atoms with Gasteiger partial charge in [0.2, 0.25) is 5.91 Å². The lowest BCUT2D eigenvalue weighted by molar-refractivity contribution is -0.128. The maximum Gasteiger partial charge on any atom is 0.273 e. The van der Waals surface area contributed by atoms with Gasteiger partial charge in [-0.05, 0) is 36.8 Å². The van der Waals surface area contributed by atoms with Crippen molar-refractivity contribution < 1.29 is 14.3 Å². The van der Waals surface area contributed by atoms with Gasteiger partial charge in [-0.15, -0.1) is 5.10 Å². The number of nitrogens with zero attached hydrogens (tertiary/aromatic N) is 4. The molecule has 0 bridgehead atoms. The van der Waals surface area contributed by atoms with E-state index < -0.39 is 0 Å². The smallest absolute Gasteiger partial charge is 0.273 e. The van der Waals surface area contributed by atoms with E-state index in [0.29, 0.717) is 37.4 Å².